The van der Waals surface area contributed by atoms with Gasteiger partial charge in [0.2, 0.25) is 0 Å². The fourth-order valence-corrected chi connectivity index (χ4v) is 4.37. The highest BCUT2D eigenvalue weighted by Crippen LogP contribution is 2.41. The smallest absolute Gasteiger partial charge is 0.341 e. The number of ether oxygens (including phenoxy) is 1. The highest BCUT2D eigenvalue weighted by molar-refractivity contribution is 5.68. The molecule has 0 amide bonds. The number of aliphatic carboxylic acids is 1. The number of likely N-dealkylation sites (N-methyl/N-ethyl adjacent to an activating group) is 1. The molecule has 0 bridgehead atoms. The molecule has 2 fully saturated rings. The number of fused-ring (bicyclic) bond motifs is 1. The van der Waals surface area contributed by atoms with Gasteiger partial charge < -0.3 is 19.8 Å². The van der Waals surface area contributed by atoms with Crippen molar-refractivity contribution in [3.8, 4) is 5.75 Å². The van der Waals surface area contributed by atoms with E-state index in [1.54, 1.807) is 0 Å². The van der Waals surface area contributed by atoms with E-state index >= 15 is 0 Å². The predicted molar refractivity (Wildman–Crippen MR) is 94.6 cm³/mol. The predicted octanol–water partition coefficient (Wildman–Crippen LogP) is 1.43. The summed E-state index contributed by atoms with van der Waals surface area (Å²) in [5.74, 6) is -0.328. The van der Waals surface area contributed by atoms with Crippen molar-refractivity contribution in [2.24, 2.45) is 5.41 Å². The second kappa shape index (κ2) is 7.72. The number of aliphatic hydroxyl groups is 1. The first-order chi connectivity index (χ1) is 12.0. The number of carboxylic acids is 1. The maximum absolute atomic E-state index is 10.8. The average Bonchev–Trinajstić information content (AvgIpc) is 2.62. The largest absolute Gasteiger partial charge is 0.482 e. The number of piperidine rings is 2. The van der Waals surface area contributed by atoms with E-state index in [9.17, 15) is 9.90 Å². The van der Waals surface area contributed by atoms with Crippen LogP contribution in [0.5, 0.6) is 5.75 Å². The molecule has 2 heterocycles. The van der Waals surface area contributed by atoms with Crippen LogP contribution in [0, 0.1) is 5.41 Å². The van der Waals surface area contributed by atoms with Gasteiger partial charge in [0.25, 0.3) is 0 Å². The second-order valence-corrected chi connectivity index (χ2v) is 7.40. The molecule has 2 aliphatic rings. The zero-order valence-electron chi connectivity index (χ0n) is 14.9. The molecule has 3 rings (SSSR count). The lowest BCUT2D eigenvalue weighted by Gasteiger charge is -2.53. The number of carboxylic acid groups (broad SMARTS) is 1. The maximum Gasteiger partial charge on any atom is 0.341 e. The van der Waals surface area contributed by atoms with Gasteiger partial charge in [-0.05, 0) is 45.5 Å². The van der Waals surface area contributed by atoms with Gasteiger partial charge in [-0.25, -0.2) is 4.79 Å². The summed E-state index contributed by atoms with van der Waals surface area (Å²) < 4.78 is 5.43. The zero-order valence-corrected chi connectivity index (χ0v) is 14.9. The van der Waals surface area contributed by atoms with Gasteiger partial charge in [-0.1, -0.05) is 18.2 Å². The zero-order chi connectivity index (χ0) is 17.9. The fraction of sp³-hybridized carbons (Fsp3) is 0.632. The van der Waals surface area contributed by atoms with Crippen molar-refractivity contribution < 1.29 is 19.7 Å². The summed E-state index contributed by atoms with van der Waals surface area (Å²) in [6.07, 6.45) is 3.25. The summed E-state index contributed by atoms with van der Waals surface area (Å²) in [5.41, 5.74) is 1.04. The van der Waals surface area contributed by atoms with Gasteiger partial charge in [-0.15, -0.1) is 0 Å². The molecule has 138 valence electrons. The molecule has 6 nitrogen and oxygen atoms in total. The third-order valence-electron chi connectivity index (χ3n) is 5.81. The normalized spacial score (nSPS) is 27.7. The number of rotatable bonds is 6. The topological polar surface area (TPSA) is 73.2 Å². The molecule has 0 aromatic heterocycles. The average molecular weight is 348 g/mol. The quantitative estimate of drug-likeness (QED) is 0.810. The SMILES string of the molecule is CN1CCC[C@]2(CO)CCN(Cc3ccccc3OCC(=O)O)C[C@@H]12. The molecule has 2 N–H and O–H groups in total. The molecule has 0 saturated carbocycles. The van der Waals surface area contributed by atoms with Crippen LogP contribution >= 0.6 is 0 Å². The third-order valence-corrected chi connectivity index (χ3v) is 5.81. The number of hydrogen-bond acceptors (Lipinski definition) is 5. The Morgan fingerprint density at radius 1 is 1.32 bits per heavy atom. The Morgan fingerprint density at radius 3 is 2.88 bits per heavy atom. The van der Waals surface area contributed by atoms with E-state index in [0.29, 0.717) is 11.8 Å². The Labute approximate surface area is 149 Å². The van der Waals surface area contributed by atoms with Gasteiger partial charge >= 0.3 is 5.97 Å². The van der Waals surface area contributed by atoms with Crippen molar-refractivity contribution in [1.82, 2.24) is 9.80 Å². The Kier molecular flexibility index (Phi) is 5.61. The minimum atomic E-state index is -0.968. The number of para-hydroxylation sites is 1. The van der Waals surface area contributed by atoms with Crippen LogP contribution in [0.1, 0.15) is 24.8 Å². The van der Waals surface area contributed by atoms with E-state index in [2.05, 4.69) is 16.8 Å². The maximum atomic E-state index is 10.8. The van der Waals surface area contributed by atoms with Gasteiger partial charge in [-0.2, -0.15) is 0 Å². The van der Waals surface area contributed by atoms with Crippen LogP contribution in [0.3, 0.4) is 0 Å². The van der Waals surface area contributed by atoms with Crippen LogP contribution in [0.4, 0.5) is 0 Å². The standard InChI is InChI=1S/C19H28N2O4/c1-20-9-4-7-19(14-22)8-10-21(12-17(19)20)11-15-5-2-3-6-16(15)25-13-18(23)24/h2-3,5-6,17,22H,4,7-14H2,1H3,(H,23,24)/t17-,19-/m1/s1. The molecule has 0 spiro atoms. The number of hydrogen-bond donors (Lipinski definition) is 2. The number of nitrogens with zero attached hydrogens (tertiary/aromatic N) is 2. The van der Waals surface area contributed by atoms with E-state index in [1.165, 1.54) is 0 Å². The van der Waals surface area contributed by atoms with Crippen LogP contribution in [0.25, 0.3) is 0 Å². The van der Waals surface area contributed by atoms with Crippen molar-refractivity contribution in [2.45, 2.75) is 31.8 Å². The van der Waals surface area contributed by atoms with Gasteiger partial charge in [0, 0.05) is 30.1 Å². The van der Waals surface area contributed by atoms with Crippen LogP contribution < -0.4 is 4.74 Å². The molecule has 6 heteroatoms. The Hall–Kier alpha value is -1.63. The van der Waals surface area contributed by atoms with E-state index in [1.807, 2.05) is 24.3 Å². The number of carbonyl (C=O) groups is 1. The summed E-state index contributed by atoms with van der Waals surface area (Å²) in [5, 5.41) is 18.9. The van der Waals surface area contributed by atoms with Crippen molar-refractivity contribution in [3.63, 3.8) is 0 Å². The third kappa shape index (κ3) is 3.97. The first-order valence-electron chi connectivity index (χ1n) is 9.00. The Bertz CT molecular complexity index is 609. The van der Waals surface area contributed by atoms with E-state index in [-0.39, 0.29) is 18.6 Å². The van der Waals surface area contributed by atoms with Crippen LogP contribution in [0.2, 0.25) is 0 Å². The van der Waals surface area contributed by atoms with Gasteiger partial charge in [0.15, 0.2) is 6.61 Å². The van der Waals surface area contributed by atoms with Crippen molar-refractivity contribution in [1.29, 1.82) is 0 Å². The molecule has 0 aliphatic carbocycles. The molecule has 1 aromatic carbocycles. The molecule has 2 atom stereocenters. The first kappa shape index (κ1) is 18.2. The monoisotopic (exact) mass is 348 g/mol. The fourth-order valence-electron chi connectivity index (χ4n) is 4.37. The lowest BCUT2D eigenvalue weighted by Crippen LogP contribution is -2.61. The molecule has 1 aromatic rings. The van der Waals surface area contributed by atoms with Gasteiger partial charge in [-0.3, -0.25) is 4.90 Å². The van der Waals surface area contributed by atoms with Crippen LogP contribution in [-0.2, 0) is 11.3 Å². The highest BCUT2D eigenvalue weighted by atomic mass is 16.5. The summed E-state index contributed by atoms with van der Waals surface area (Å²) in [6, 6.07) is 8.01. The molecule has 2 aliphatic heterocycles. The molecular formula is C19H28N2O4. The second-order valence-electron chi connectivity index (χ2n) is 7.40. The summed E-state index contributed by atoms with van der Waals surface area (Å²) in [6.45, 7) is 3.62. The summed E-state index contributed by atoms with van der Waals surface area (Å²) in [7, 11) is 2.15. The Morgan fingerprint density at radius 2 is 2.12 bits per heavy atom. The molecule has 0 unspecified atom stereocenters. The van der Waals surface area contributed by atoms with E-state index in [4.69, 9.17) is 9.84 Å². The molecule has 25 heavy (non-hydrogen) atoms. The lowest BCUT2D eigenvalue weighted by molar-refractivity contribution is -0.139. The molecule has 0 radical (unpaired) electrons. The number of likely N-dealkylation sites (tertiary alicyclic amines) is 2. The Balaban J connectivity index is 1.69. The van der Waals surface area contributed by atoms with E-state index < -0.39 is 5.97 Å². The number of aliphatic hydroxyl groups excluding tert-OH is 1. The van der Waals surface area contributed by atoms with Gasteiger partial charge in [0.05, 0.1) is 6.61 Å². The van der Waals surface area contributed by atoms with Crippen molar-refractivity contribution in [2.75, 3.05) is 39.9 Å². The van der Waals surface area contributed by atoms with Crippen LogP contribution in [-0.4, -0.2) is 71.9 Å². The van der Waals surface area contributed by atoms with Crippen molar-refractivity contribution >= 4 is 5.97 Å². The minimum absolute atomic E-state index is 0.0306. The first-order valence-corrected chi connectivity index (χ1v) is 9.00. The molecular weight excluding hydrogens is 320 g/mol. The summed E-state index contributed by atoms with van der Waals surface area (Å²) >= 11 is 0. The van der Waals surface area contributed by atoms with Crippen LogP contribution in [0.15, 0.2) is 24.3 Å². The van der Waals surface area contributed by atoms with E-state index in [0.717, 1.165) is 51.0 Å². The van der Waals surface area contributed by atoms with Crippen molar-refractivity contribution in [3.05, 3.63) is 29.8 Å². The number of benzene rings is 1. The summed E-state index contributed by atoms with van der Waals surface area (Å²) in [4.78, 5) is 15.6. The molecule has 2 saturated heterocycles. The van der Waals surface area contributed by atoms with Gasteiger partial charge in [0.1, 0.15) is 5.75 Å². The minimum Gasteiger partial charge on any atom is -0.482 e. The highest BCUT2D eigenvalue weighted by Gasteiger charge is 2.46. The lowest BCUT2D eigenvalue weighted by atomic mass is 9.69.